The van der Waals surface area contributed by atoms with Crippen LogP contribution in [0.25, 0.3) is 0 Å². The second-order valence-electron chi connectivity index (χ2n) is 3.04. The monoisotopic (exact) mass is 165 g/mol. The Bertz CT molecular complexity index is 299. The van der Waals surface area contributed by atoms with E-state index in [0.29, 0.717) is 18.7 Å². The maximum absolute atomic E-state index is 9.27. The first-order valence-electron chi connectivity index (χ1n) is 3.95. The van der Waals surface area contributed by atoms with Crippen LogP contribution in [0, 0.1) is 0 Å². The Morgan fingerprint density at radius 3 is 3.17 bits per heavy atom. The summed E-state index contributed by atoms with van der Waals surface area (Å²) in [5.74, 6) is 0.806. The number of anilines is 1. The minimum Gasteiger partial charge on any atom is -0.491 e. The molecule has 1 atom stereocenters. The van der Waals surface area contributed by atoms with Gasteiger partial charge in [-0.25, -0.2) is 0 Å². The SMILES string of the molecule is Nc1ccc2c(c1)OC[C@H](O)C2. The highest BCUT2D eigenvalue weighted by atomic mass is 16.5. The van der Waals surface area contributed by atoms with E-state index >= 15 is 0 Å². The van der Waals surface area contributed by atoms with Gasteiger partial charge in [0, 0.05) is 18.2 Å². The smallest absolute Gasteiger partial charge is 0.124 e. The van der Waals surface area contributed by atoms with E-state index in [1.807, 2.05) is 12.1 Å². The van der Waals surface area contributed by atoms with Crippen molar-refractivity contribution in [3.8, 4) is 5.75 Å². The molecule has 12 heavy (non-hydrogen) atoms. The second-order valence-corrected chi connectivity index (χ2v) is 3.04. The Hall–Kier alpha value is -1.22. The van der Waals surface area contributed by atoms with Crippen LogP contribution in [0.2, 0.25) is 0 Å². The molecule has 0 radical (unpaired) electrons. The van der Waals surface area contributed by atoms with Crippen LogP contribution >= 0.6 is 0 Å². The van der Waals surface area contributed by atoms with E-state index in [1.54, 1.807) is 6.07 Å². The number of ether oxygens (including phenoxy) is 1. The number of nitrogens with two attached hydrogens (primary N) is 1. The summed E-state index contributed by atoms with van der Waals surface area (Å²) in [4.78, 5) is 0. The Kier molecular flexibility index (Phi) is 1.66. The molecule has 1 aromatic rings. The molecule has 3 heteroatoms. The van der Waals surface area contributed by atoms with E-state index in [-0.39, 0.29) is 6.10 Å². The molecule has 1 aliphatic heterocycles. The van der Waals surface area contributed by atoms with E-state index in [9.17, 15) is 5.11 Å². The van der Waals surface area contributed by atoms with Crippen LogP contribution in [0.5, 0.6) is 5.75 Å². The molecule has 1 aliphatic rings. The van der Waals surface area contributed by atoms with Crippen molar-refractivity contribution in [2.75, 3.05) is 12.3 Å². The lowest BCUT2D eigenvalue weighted by atomic mass is 10.0. The predicted molar refractivity (Wildman–Crippen MR) is 46.1 cm³/mol. The highest BCUT2D eigenvalue weighted by Crippen LogP contribution is 2.26. The Morgan fingerprint density at radius 2 is 2.33 bits per heavy atom. The van der Waals surface area contributed by atoms with Crippen molar-refractivity contribution in [1.29, 1.82) is 0 Å². The van der Waals surface area contributed by atoms with Crippen LogP contribution in [0.1, 0.15) is 5.56 Å². The van der Waals surface area contributed by atoms with Gasteiger partial charge in [-0.15, -0.1) is 0 Å². The van der Waals surface area contributed by atoms with Crippen LogP contribution < -0.4 is 10.5 Å². The number of fused-ring (bicyclic) bond motifs is 1. The molecule has 0 bridgehead atoms. The van der Waals surface area contributed by atoms with Crippen molar-refractivity contribution >= 4 is 5.69 Å². The van der Waals surface area contributed by atoms with E-state index in [2.05, 4.69) is 0 Å². The topological polar surface area (TPSA) is 55.5 Å². The minimum atomic E-state index is -0.374. The summed E-state index contributed by atoms with van der Waals surface area (Å²) >= 11 is 0. The molecule has 64 valence electrons. The van der Waals surface area contributed by atoms with Gasteiger partial charge in [0.2, 0.25) is 0 Å². The molecule has 0 amide bonds. The lowest BCUT2D eigenvalue weighted by Crippen LogP contribution is -2.25. The Morgan fingerprint density at radius 1 is 1.50 bits per heavy atom. The Labute approximate surface area is 70.8 Å². The van der Waals surface area contributed by atoms with E-state index in [0.717, 1.165) is 11.3 Å². The fourth-order valence-corrected chi connectivity index (χ4v) is 1.37. The molecular weight excluding hydrogens is 154 g/mol. The van der Waals surface area contributed by atoms with Crippen LogP contribution in [0.15, 0.2) is 18.2 Å². The molecule has 0 unspecified atom stereocenters. The van der Waals surface area contributed by atoms with E-state index in [4.69, 9.17) is 10.5 Å². The molecule has 0 aromatic heterocycles. The first-order valence-corrected chi connectivity index (χ1v) is 3.95. The summed E-state index contributed by atoms with van der Waals surface area (Å²) in [6.45, 7) is 0.371. The minimum absolute atomic E-state index is 0.371. The number of nitrogen functional groups attached to an aromatic ring is 1. The maximum atomic E-state index is 9.27. The first kappa shape index (κ1) is 7.43. The Balaban J connectivity index is 2.37. The van der Waals surface area contributed by atoms with Crippen molar-refractivity contribution in [3.63, 3.8) is 0 Å². The zero-order chi connectivity index (χ0) is 8.55. The fraction of sp³-hybridized carbons (Fsp3) is 0.333. The van der Waals surface area contributed by atoms with Crippen LogP contribution in [0.4, 0.5) is 5.69 Å². The van der Waals surface area contributed by atoms with Gasteiger partial charge in [-0.1, -0.05) is 6.07 Å². The molecule has 1 aromatic carbocycles. The zero-order valence-electron chi connectivity index (χ0n) is 6.66. The van der Waals surface area contributed by atoms with Gasteiger partial charge < -0.3 is 15.6 Å². The molecule has 3 nitrogen and oxygen atoms in total. The lowest BCUT2D eigenvalue weighted by Gasteiger charge is -2.21. The highest BCUT2D eigenvalue weighted by Gasteiger charge is 2.16. The number of hydrogen-bond acceptors (Lipinski definition) is 3. The maximum Gasteiger partial charge on any atom is 0.124 e. The zero-order valence-corrected chi connectivity index (χ0v) is 6.66. The average Bonchev–Trinajstić information content (AvgIpc) is 2.05. The van der Waals surface area contributed by atoms with Gasteiger partial charge >= 0.3 is 0 Å². The third-order valence-corrected chi connectivity index (χ3v) is 1.98. The molecular formula is C9H11NO2. The predicted octanol–water partition coefficient (Wildman–Crippen LogP) is 0.565. The second kappa shape index (κ2) is 2.68. The van der Waals surface area contributed by atoms with Crippen molar-refractivity contribution in [2.24, 2.45) is 0 Å². The summed E-state index contributed by atoms with van der Waals surface area (Å²) in [5.41, 5.74) is 7.30. The molecule has 0 fully saturated rings. The van der Waals surface area contributed by atoms with Gasteiger partial charge in [-0.2, -0.15) is 0 Å². The summed E-state index contributed by atoms with van der Waals surface area (Å²) < 4.78 is 5.29. The number of aliphatic hydroxyl groups is 1. The molecule has 0 aliphatic carbocycles. The lowest BCUT2D eigenvalue weighted by molar-refractivity contribution is 0.0922. The quantitative estimate of drug-likeness (QED) is 0.552. The molecule has 0 spiro atoms. The summed E-state index contributed by atoms with van der Waals surface area (Å²) in [6.07, 6.45) is 0.288. The molecule has 2 rings (SSSR count). The largest absolute Gasteiger partial charge is 0.491 e. The van der Waals surface area contributed by atoms with Crippen LogP contribution in [0.3, 0.4) is 0 Å². The summed E-state index contributed by atoms with van der Waals surface area (Å²) in [7, 11) is 0. The van der Waals surface area contributed by atoms with Gasteiger partial charge in [0.25, 0.3) is 0 Å². The summed E-state index contributed by atoms with van der Waals surface area (Å²) in [5, 5.41) is 9.27. The van der Waals surface area contributed by atoms with Crippen LogP contribution in [-0.4, -0.2) is 17.8 Å². The van der Waals surface area contributed by atoms with E-state index < -0.39 is 0 Å². The van der Waals surface area contributed by atoms with Crippen molar-refractivity contribution < 1.29 is 9.84 Å². The normalized spacial score (nSPS) is 21.2. The van der Waals surface area contributed by atoms with Crippen molar-refractivity contribution in [1.82, 2.24) is 0 Å². The first-order chi connectivity index (χ1) is 5.75. The van der Waals surface area contributed by atoms with Gasteiger partial charge in [0.05, 0.1) is 6.10 Å². The number of rotatable bonds is 0. The van der Waals surface area contributed by atoms with Gasteiger partial charge in [0.1, 0.15) is 12.4 Å². The molecule has 3 N–H and O–H groups in total. The molecule has 0 saturated heterocycles. The number of hydrogen-bond donors (Lipinski definition) is 2. The van der Waals surface area contributed by atoms with Crippen molar-refractivity contribution in [3.05, 3.63) is 23.8 Å². The van der Waals surface area contributed by atoms with Gasteiger partial charge in [-0.05, 0) is 11.6 Å². The third-order valence-electron chi connectivity index (χ3n) is 1.98. The molecule has 0 saturated carbocycles. The molecule has 1 heterocycles. The number of aliphatic hydroxyl groups excluding tert-OH is 1. The van der Waals surface area contributed by atoms with E-state index in [1.165, 1.54) is 0 Å². The van der Waals surface area contributed by atoms with Gasteiger partial charge in [-0.3, -0.25) is 0 Å². The fourth-order valence-electron chi connectivity index (χ4n) is 1.37. The number of benzene rings is 1. The van der Waals surface area contributed by atoms with Crippen LogP contribution in [-0.2, 0) is 6.42 Å². The standard InChI is InChI=1S/C9H11NO2/c10-7-2-1-6-3-8(11)5-12-9(6)4-7/h1-2,4,8,11H,3,5,10H2/t8-/m1/s1. The van der Waals surface area contributed by atoms with Gasteiger partial charge in [0.15, 0.2) is 0 Å². The average molecular weight is 165 g/mol. The summed E-state index contributed by atoms with van der Waals surface area (Å²) in [6, 6.07) is 5.51. The van der Waals surface area contributed by atoms with Crippen molar-refractivity contribution in [2.45, 2.75) is 12.5 Å². The highest BCUT2D eigenvalue weighted by molar-refractivity contribution is 5.49. The third kappa shape index (κ3) is 1.23.